The largest absolute Gasteiger partial charge is 0.493 e. The Kier molecular flexibility index (Phi) is 9.56. The first-order chi connectivity index (χ1) is 18.5. The quantitative estimate of drug-likeness (QED) is 0.492. The smallest absolute Gasteiger partial charge is 0.411 e. The highest BCUT2D eigenvalue weighted by Crippen LogP contribution is 2.31. The number of hydrogen-bond acceptors (Lipinski definition) is 8. The van der Waals surface area contributed by atoms with Crippen molar-refractivity contribution in [2.75, 3.05) is 58.9 Å². The Bertz CT molecular complexity index is 1130. The summed E-state index contributed by atoms with van der Waals surface area (Å²) in [6.07, 6.45) is 0.718. The van der Waals surface area contributed by atoms with Crippen LogP contribution in [0.3, 0.4) is 0 Å². The van der Waals surface area contributed by atoms with Crippen molar-refractivity contribution < 1.29 is 23.8 Å². The minimum absolute atomic E-state index is 0.0173. The summed E-state index contributed by atoms with van der Waals surface area (Å²) in [6, 6.07) is 13.1. The second-order valence-electron chi connectivity index (χ2n) is 9.37. The highest BCUT2D eigenvalue weighted by Gasteiger charge is 2.29. The van der Waals surface area contributed by atoms with Crippen LogP contribution in [0.5, 0.6) is 11.5 Å². The van der Waals surface area contributed by atoms with Gasteiger partial charge in [0, 0.05) is 56.3 Å². The molecule has 1 unspecified atom stereocenters. The van der Waals surface area contributed by atoms with Crippen LogP contribution >= 0.6 is 0 Å². The number of carbonyl (C=O) groups excluding carboxylic acids is 2. The summed E-state index contributed by atoms with van der Waals surface area (Å²) in [4.78, 5) is 27.3. The Balaban J connectivity index is 1.37. The first kappa shape index (κ1) is 27.4. The molecule has 1 fully saturated rings. The number of nitrogens with zero attached hydrogens (tertiary/aromatic N) is 3. The number of hydrogen-bond donors (Lipinski definition) is 2. The molecule has 2 heterocycles. The van der Waals surface area contributed by atoms with Gasteiger partial charge in [-0.3, -0.25) is 15.0 Å². The summed E-state index contributed by atoms with van der Waals surface area (Å²) in [7, 11) is 3.20. The van der Waals surface area contributed by atoms with E-state index in [1.54, 1.807) is 26.4 Å². The Morgan fingerprint density at radius 1 is 1.08 bits per heavy atom. The number of carbonyl (C=O) groups is 2. The monoisotopic (exact) mass is 523 g/mol. The topological polar surface area (TPSA) is 105 Å². The normalized spacial score (nSPS) is 18.1. The molecule has 2 aliphatic heterocycles. The lowest BCUT2D eigenvalue weighted by molar-refractivity contribution is -0.133. The summed E-state index contributed by atoms with van der Waals surface area (Å²) in [5.74, 6) is 1.28. The molecule has 10 nitrogen and oxygen atoms in total. The molecule has 1 saturated heterocycles. The first-order valence-electron chi connectivity index (χ1n) is 13.1. The fraction of sp³-hybridized carbons (Fsp3) is 0.464. The second-order valence-corrected chi connectivity index (χ2v) is 9.37. The number of amides is 2. The van der Waals surface area contributed by atoms with Gasteiger partial charge < -0.3 is 19.5 Å². The molecule has 0 aromatic heterocycles. The Labute approximate surface area is 223 Å². The lowest BCUT2D eigenvalue weighted by atomic mass is 9.89. The van der Waals surface area contributed by atoms with Gasteiger partial charge in [0.1, 0.15) is 6.61 Å². The lowest BCUT2D eigenvalue weighted by Crippen LogP contribution is -2.44. The predicted octanol–water partition coefficient (Wildman–Crippen LogP) is 3.32. The van der Waals surface area contributed by atoms with Crippen LogP contribution in [0.25, 0.3) is 0 Å². The maximum absolute atomic E-state index is 12.9. The molecule has 2 aromatic carbocycles. The van der Waals surface area contributed by atoms with Crippen molar-refractivity contribution in [3.8, 4) is 11.5 Å². The molecular weight excluding hydrogens is 486 g/mol. The van der Waals surface area contributed by atoms with Crippen LogP contribution in [0.4, 0.5) is 10.5 Å². The van der Waals surface area contributed by atoms with Crippen molar-refractivity contribution in [1.82, 2.24) is 15.2 Å². The van der Waals surface area contributed by atoms with E-state index in [1.165, 1.54) is 5.01 Å². The molecule has 2 N–H and O–H groups in total. The lowest BCUT2D eigenvalue weighted by Gasteiger charge is -2.29. The molecule has 0 saturated carbocycles. The van der Waals surface area contributed by atoms with Crippen molar-refractivity contribution in [2.24, 2.45) is 11.0 Å². The SMILES string of the molecule is CCC1CC(=O)N(Cc2ccc(NC(=O)OCCN3CCNCC3)cc2)N=C1c1ccc(OC)c(OC)c1. The van der Waals surface area contributed by atoms with Crippen molar-refractivity contribution in [2.45, 2.75) is 26.3 Å². The molecule has 0 aliphatic carbocycles. The van der Waals surface area contributed by atoms with Crippen LogP contribution in [-0.4, -0.2) is 81.2 Å². The molecule has 2 aliphatic rings. The fourth-order valence-corrected chi connectivity index (χ4v) is 4.65. The number of nitrogens with one attached hydrogen (secondary N) is 2. The van der Waals surface area contributed by atoms with E-state index in [0.717, 1.165) is 56.0 Å². The molecule has 0 radical (unpaired) electrons. The molecule has 38 heavy (non-hydrogen) atoms. The van der Waals surface area contributed by atoms with Crippen molar-refractivity contribution in [3.05, 3.63) is 53.6 Å². The van der Waals surface area contributed by atoms with E-state index >= 15 is 0 Å². The Hall–Kier alpha value is -3.63. The molecule has 10 heteroatoms. The van der Waals surface area contributed by atoms with E-state index in [2.05, 4.69) is 22.5 Å². The van der Waals surface area contributed by atoms with Crippen LogP contribution in [0.2, 0.25) is 0 Å². The third kappa shape index (κ3) is 7.02. The van der Waals surface area contributed by atoms with Crippen LogP contribution in [0.1, 0.15) is 30.9 Å². The van der Waals surface area contributed by atoms with Gasteiger partial charge in [0.2, 0.25) is 5.91 Å². The minimum atomic E-state index is -0.478. The average Bonchev–Trinajstić information content (AvgIpc) is 2.95. The zero-order valence-electron chi connectivity index (χ0n) is 22.4. The maximum atomic E-state index is 12.9. The molecular formula is C28H37N5O5. The van der Waals surface area contributed by atoms with E-state index in [9.17, 15) is 9.59 Å². The van der Waals surface area contributed by atoms with Crippen LogP contribution in [-0.2, 0) is 16.1 Å². The third-order valence-electron chi connectivity index (χ3n) is 6.88. The van der Waals surface area contributed by atoms with Crippen molar-refractivity contribution in [3.63, 3.8) is 0 Å². The molecule has 2 amide bonds. The third-order valence-corrected chi connectivity index (χ3v) is 6.88. The highest BCUT2D eigenvalue weighted by molar-refractivity contribution is 6.06. The van der Waals surface area contributed by atoms with Gasteiger partial charge in [-0.05, 0) is 42.3 Å². The summed E-state index contributed by atoms with van der Waals surface area (Å²) in [6.45, 7) is 7.32. The van der Waals surface area contributed by atoms with E-state index in [0.29, 0.717) is 36.8 Å². The number of methoxy groups -OCH3 is 2. The maximum Gasteiger partial charge on any atom is 0.411 e. The van der Waals surface area contributed by atoms with Gasteiger partial charge in [0.05, 0.1) is 26.5 Å². The zero-order valence-corrected chi connectivity index (χ0v) is 22.4. The molecule has 1 atom stereocenters. The fourth-order valence-electron chi connectivity index (χ4n) is 4.65. The number of rotatable bonds is 10. The number of piperazine rings is 1. The van der Waals surface area contributed by atoms with Crippen LogP contribution < -0.4 is 20.1 Å². The zero-order chi connectivity index (χ0) is 26.9. The van der Waals surface area contributed by atoms with Gasteiger partial charge in [-0.15, -0.1) is 0 Å². The minimum Gasteiger partial charge on any atom is -0.493 e. The first-order valence-corrected chi connectivity index (χ1v) is 13.1. The number of benzene rings is 2. The summed E-state index contributed by atoms with van der Waals surface area (Å²) < 4.78 is 16.1. The highest BCUT2D eigenvalue weighted by atomic mass is 16.5. The molecule has 4 rings (SSSR count). The van der Waals surface area contributed by atoms with E-state index < -0.39 is 6.09 Å². The summed E-state index contributed by atoms with van der Waals surface area (Å²) in [5, 5.41) is 12.3. The van der Waals surface area contributed by atoms with E-state index in [4.69, 9.17) is 19.3 Å². The van der Waals surface area contributed by atoms with Gasteiger partial charge in [-0.1, -0.05) is 19.1 Å². The van der Waals surface area contributed by atoms with E-state index in [1.807, 2.05) is 30.3 Å². The van der Waals surface area contributed by atoms with Gasteiger partial charge >= 0.3 is 6.09 Å². The van der Waals surface area contributed by atoms with Crippen molar-refractivity contribution >= 4 is 23.4 Å². The number of anilines is 1. The number of ether oxygens (including phenoxy) is 3. The van der Waals surface area contributed by atoms with Crippen molar-refractivity contribution in [1.29, 1.82) is 0 Å². The molecule has 204 valence electrons. The Morgan fingerprint density at radius 3 is 2.50 bits per heavy atom. The van der Waals surface area contributed by atoms with E-state index in [-0.39, 0.29) is 11.8 Å². The molecule has 0 bridgehead atoms. The summed E-state index contributed by atoms with van der Waals surface area (Å²) in [5.41, 5.74) is 3.30. The Morgan fingerprint density at radius 2 is 1.82 bits per heavy atom. The molecule has 2 aromatic rings. The summed E-state index contributed by atoms with van der Waals surface area (Å²) >= 11 is 0. The number of hydrazone groups is 1. The van der Waals surface area contributed by atoms with Gasteiger partial charge in [0.25, 0.3) is 0 Å². The predicted molar refractivity (Wildman–Crippen MR) is 146 cm³/mol. The molecule has 0 spiro atoms. The standard InChI is InChI=1S/C28H37N5O5/c1-4-21-18-26(34)33(31-27(21)22-7-10-24(36-2)25(17-22)37-3)19-20-5-8-23(9-6-20)30-28(35)38-16-15-32-13-11-29-12-14-32/h5-10,17,21,29H,4,11-16,18-19H2,1-3H3,(H,30,35). The van der Waals surface area contributed by atoms with Gasteiger partial charge in [-0.25, -0.2) is 9.80 Å². The second kappa shape index (κ2) is 13.3. The average molecular weight is 524 g/mol. The van der Waals surface area contributed by atoms with Crippen LogP contribution in [0, 0.1) is 5.92 Å². The van der Waals surface area contributed by atoms with Crippen LogP contribution in [0.15, 0.2) is 47.6 Å². The van der Waals surface area contributed by atoms with Gasteiger partial charge in [-0.2, -0.15) is 5.10 Å². The van der Waals surface area contributed by atoms with Gasteiger partial charge in [0.15, 0.2) is 11.5 Å².